The molecule has 31 heavy (non-hydrogen) atoms. The van der Waals surface area contributed by atoms with Crippen LogP contribution in [0.2, 0.25) is 0 Å². The van der Waals surface area contributed by atoms with Gasteiger partial charge in [0.05, 0.1) is 18.3 Å². The average molecular weight is 435 g/mol. The summed E-state index contributed by atoms with van der Waals surface area (Å²) in [6.45, 7) is 1.21. The SMILES string of the molecule is O=c1c2c3c(sc2ncn1Cc1cccc(F)c1)C[C@@H](NCCc1ccccn1)CC3. The molecule has 3 heterocycles. The summed E-state index contributed by atoms with van der Waals surface area (Å²) in [5, 5.41) is 4.39. The normalized spacial score (nSPS) is 15.8. The highest BCUT2D eigenvalue weighted by Gasteiger charge is 2.25. The monoisotopic (exact) mass is 434 g/mol. The van der Waals surface area contributed by atoms with Crippen LogP contribution in [0.25, 0.3) is 10.2 Å². The Morgan fingerprint density at radius 3 is 2.97 bits per heavy atom. The summed E-state index contributed by atoms with van der Waals surface area (Å²) in [5.74, 6) is -0.297. The molecule has 1 aliphatic rings. The van der Waals surface area contributed by atoms with Gasteiger partial charge in [-0.15, -0.1) is 11.3 Å². The van der Waals surface area contributed by atoms with Crippen molar-refractivity contribution in [2.45, 2.75) is 38.3 Å². The van der Waals surface area contributed by atoms with Gasteiger partial charge in [-0.05, 0) is 54.7 Å². The first-order valence-electron chi connectivity index (χ1n) is 10.5. The summed E-state index contributed by atoms with van der Waals surface area (Å²) in [6.07, 6.45) is 7.11. The molecule has 1 atom stereocenters. The second-order valence-corrected chi connectivity index (χ2v) is 9.04. The van der Waals surface area contributed by atoms with E-state index < -0.39 is 0 Å². The van der Waals surface area contributed by atoms with Gasteiger partial charge in [0.2, 0.25) is 0 Å². The number of pyridine rings is 1. The molecule has 0 fully saturated rings. The van der Waals surface area contributed by atoms with Crippen LogP contribution in [-0.4, -0.2) is 27.1 Å². The molecule has 0 spiro atoms. The number of nitrogens with one attached hydrogen (secondary N) is 1. The molecule has 5 nitrogen and oxygen atoms in total. The molecule has 0 saturated carbocycles. The summed E-state index contributed by atoms with van der Waals surface area (Å²) in [6, 6.07) is 12.7. The molecule has 0 radical (unpaired) electrons. The highest BCUT2D eigenvalue weighted by Crippen LogP contribution is 2.33. The van der Waals surface area contributed by atoms with Crippen molar-refractivity contribution in [2.24, 2.45) is 0 Å². The standard InChI is InChI=1S/C24H23FN4OS/c25-17-5-3-4-16(12-17)14-29-15-28-23-22(24(29)30)20-8-7-19(13-21(20)31-23)27-11-9-18-6-1-2-10-26-18/h1-6,10,12,15,19,27H,7-9,11,13-14H2/t19-/m0/s1. The minimum atomic E-state index is -0.297. The van der Waals surface area contributed by atoms with Gasteiger partial charge < -0.3 is 5.32 Å². The molecule has 0 aliphatic heterocycles. The third-order valence-electron chi connectivity index (χ3n) is 5.82. The van der Waals surface area contributed by atoms with Gasteiger partial charge in [-0.2, -0.15) is 0 Å². The zero-order valence-corrected chi connectivity index (χ0v) is 17.9. The fourth-order valence-electron chi connectivity index (χ4n) is 4.27. The van der Waals surface area contributed by atoms with E-state index in [1.54, 1.807) is 28.3 Å². The molecular formula is C24H23FN4OS. The number of hydrogen-bond acceptors (Lipinski definition) is 5. The summed E-state index contributed by atoms with van der Waals surface area (Å²) < 4.78 is 15.1. The van der Waals surface area contributed by atoms with Crippen LogP contribution >= 0.6 is 11.3 Å². The van der Waals surface area contributed by atoms with Crippen molar-refractivity contribution >= 4 is 21.6 Å². The Bertz CT molecular complexity index is 1270. The van der Waals surface area contributed by atoms with Crippen molar-refractivity contribution in [1.29, 1.82) is 0 Å². The first kappa shape index (κ1) is 20.0. The number of fused-ring (bicyclic) bond motifs is 3. The van der Waals surface area contributed by atoms with E-state index in [-0.39, 0.29) is 11.4 Å². The van der Waals surface area contributed by atoms with Crippen LogP contribution < -0.4 is 10.9 Å². The second-order valence-electron chi connectivity index (χ2n) is 7.96. The summed E-state index contributed by atoms with van der Waals surface area (Å²) >= 11 is 1.63. The lowest BCUT2D eigenvalue weighted by Crippen LogP contribution is -2.35. The van der Waals surface area contributed by atoms with Gasteiger partial charge in [0, 0.05) is 35.8 Å². The van der Waals surface area contributed by atoms with Gasteiger partial charge in [0.1, 0.15) is 10.6 Å². The van der Waals surface area contributed by atoms with Crippen LogP contribution in [0, 0.1) is 5.82 Å². The summed E-state index contributed by atoms with van der Waals surface area (Å²) in [7, 11) is 0. The second kappa shape index (κ2) is 8.69. The fraction of sp³-hybridized carbons (Fsp3) is 0.292. The quantitative estimate of drug-likeness (QED) is 0.502. The molecule has 5 rings (SSSR count). The number of rotatable bonds is 6. The van der Waals surface area contributed by atoms with E-state index in [4.69, 9.17) is 0 Å². The van der Waals surface area contributed by atoms with Gasteiger partial charge in [-0.25, -0.2) is 9.37 Å². The van der Waals surface area contributed by atoms with Gasteiger partial charge in [0.25, 0.3) is 5.56 Å². The third kappa shape index (κ3) is 4.29. The van der Waals surface area contributed by atoms with Crippen molar-refractivity contribution in [1.82, 2.24) is 19.9 Å². The number of halogens is 1. The Morgan fingerprint density at radius 2 is 2.13 bits per heavy atom. The molecule has 0 bridgehead atoms. The Morgan fingerprint density at radius 1 is 1.19 bits per heavy atom. The maximum atomic E-state index is 13.5. The topological polar surface area (TPSA) is 59.8 Å². The van der Waals surface area contributed by atoms with Crippen molar-refractivity contribution in [2.75, 3.05) is 6.54 Å². The summed E-state index contributed by atoms with van der Waals surface area (Å²) in [4.78, 5) is 24.2. The Hall–Kier alpha value is -2.90. The molecule has 0 unspecified atom stereocenters. The predicted octanol–water partition coefficient (Wildman–Crippen LogP) is 3.73. The lowest BCUT2D eigenvalue weighted by atomic mass is 9.93. The Labute approximate surface area is 183 Å². The van der Waals surface area contributed by atoms with Crippen molar-refractivity contribution in [3.63, 3.8) is 0 Å². The molecule has 0 amide bonds. The number of aryl methyl sites for hydroxylation is 1. The van der Waals surface area contributed by atoms with Crippen LogP contribution in [-0.2, 0) is 25.8 Å². The molecule has 7 heteroatoms. The van der Waals surface area contributed by atoms with Crippen molar-refractivity contribution < 1.29 is 4.39 Å². The average Bonchev–Trinajstić information content (AvgIpc) is 3.15. The molecule has 3 aromatic heterocycles. The molecule has 0 saturated heterocycles. The first-order valence-corrected chi connectivity index (χ1v) is 11.4. The van der Waals surface area contributed by atoms with E-state index in [0.29, 0.717) is 12.6 Å². The number of benzene rings is 1. The van der Waals surface area contributed by atoms with Crippen LogP contribution in [0.1, 0.15) is 28.1 Å². The smallest absolute Gasteiger partial charge is 0.262 e. The van der Waals surface area contributed by atoms with Crippen LogP contribution in [0.4, 0.5) is 4.39 Å². The van der Waals surface area contributed by atoms with Gasteiger partial charge in [-0.3, -0.25) is 14.3 Å². The molecule has 1 N–H and O–H groups in total. The number of aromatic nitrogens is 3. The first-order chi connectivity index (χ1) is 15.2. The van der Waals surface area contributed by atoms with Crippen LogP contribution in [0.3, 0.4) is 0 Å². The molecule has 4 aromatic rings. The van der Waals surface area contributed by atoms with E-state index in [1.807, 2.05) is 30.5 Å². The van der Waals surface area contributed by atoms with Crippen molar-refractivity contribution in [3.05, 3.63) is 92.9 Å². The minimum Gasteiger partial charge on any atom is -0.313 e. The van der Waals surface area contributed by atoms with Gasteiger partial charge in [-0.1, -0.05) is 18.2 Å². The molecule has 1 aromatic carbocycles. The highest BCUT2D eigenvalue weighted by molar-refractivity contribution is 7.18. The lowest BCUT2D eigenvalue weighted by molar-refractivity contribution is 0.465. The largest absolute Gasteiger partial charge is 0.313 e. The van der Waals surface area contributed by atoms with Crippen LogP contribution in [0.5, 0.6) is 0 Å². The van der Waals surface area contributed by atoms with E-state index in [0.717, 1.165) is 59.3 Å². The molecule has 158 valence electrons. The minimum absolute atomic E-state index is 0.0340. The van der Waals surface area contributed by atoms with E-state index in [1.165, 1.54) is 17.0 Å². The van der Waals surface area contributed by atoms with E-state index in [2.05, 4.69) is 15.3 Å². The summed E-state index contributed by atoms with van der Waals surface area (Å²) in [5.41, 5.74) is 2.96. The zero-order valence-electron chi connectivity index (χ0n) is 17.1. The fourth-order valence-corrected chi connectivity index (χ4v) is 5.53. The van der Waals surface area contributed by atoms with E-state index >= 15 is 0 Å². The maximum absolute atomic E-state index is 13.5. The van der Waals surface area contributed by atoms with Gasteiger partial charge >= 0.3 is 0 Å². The van der Waals surface area contributed by atoms with E-state index in [9.17, 15) is 9.18 Å². The van der Waals surface area contributed by atoms with Crippen LogP contribution in [0.15, 0.2) is 59.8 Å². The molecule has 1 aliphatic carbocycles. The zero-order chi connectivity index (χ0) is 21.2. The number of hydrogen-bond donors (Lipinski definition) is 1. The maximum Gasteiger partial charge on any atom is 0.262 e. The van der Waals surface area contributed by atoms with Crippen molar-refractivity contribution in [3.8, 4) is 0 Å². The third-order valence-corrected chi connectivity index (χ3v) is 6.98. The van der Waals surface area contributed by atoms with Gasteiger partial charge in [0.15, 0.2) is 0 Å². The lowest BCUT2D eigenvalue weighted by Gasteiger charge is -2.23. The number of nitrogens with zero attached hydrogens (tertiary/aromatic N) is 3. The highest BCUT2D eigenvalue weighted by atomic mass is 32.1. The molecular weight excluding hydrogens is 411 g/mol. The predicted molar refractivity (Wildman–Crippen MR) is 121 cm³/mol. The Kier molecular flexibility index (Phi) is 5.61. The Balaban J connectivity index is 1.32. The number of thiophene rings is 1.